The van der Waals surface area contributed by atoms with Gasteiger partial charge in [-0.2, -0.15) is 5.10 Å². The van der Waals surface area contributed by atoms with E-state index in [0.29, 0.717) is 11.4 Å². The second-order valence-corrected chi connectivity index (χ2v) is 7.20. The second-order valence-electron chi connectivity index (χ2n) is 7.20. The van der Waals surface area contributed by atoms with Gasteiger partial charge in [-0.15, -0.1) is 0 Å². The van der Waals surface area contributed by atoms with Crippen molar-refractivity contribution in [3.05, 3.63) is 55.4 Å². The molecule has 158 valence electrons. The van der Waals surface area contributed by atoms with Gasteiger partial charge in [0.2, 0.25) is 5.91 Å². The molecule has 8 nitrogen and oxygen atoms in total. The number of likely N-dealkylation sites (N-methyl/N-ethyl adjacent to an activating group) is 2. The van der Waals surface area contributed by atoms with Crippen LogP contribution in [0.15, 0.2) is 55.4 Å². The van der Waals surface area contributed by atoms with Crippen LogP contribution in [0, 0.1) is 0 Å². The minimum atomic E-state index is -0.272. The predicted octanol–water partition coefficient (Wildman–Crippen LogP) is 3.21. The molecule has 0 spiro atoms. The third-order valence-electron chi connectivity index (χ3n) is 4.76. The Morgan fingerprint density at radius 2 is 2.00 bits per heavy atom. The number of anilines is 4. The van der Waals surface area contributed by atoms with Crippen LogP contribution in [-0.2, 0) is 4.79 Å². The van der Waals surface area contributed by atoms with E-state index >= 15 is 0 Å². The number of amides is 1. The van der Waals surface area contributed by atoms with Crippen LogP contribution in [0.1, 0.15) is 0 Å². The van der Waals surface area contributed by atoms with Crippen LogP contribution in [-0.4, -0.2) is 61.8 Å². The number of carbonyl (C=O) groups is 1. The van der Waals surface area contributed by atoms with Crippen LogP contribution < -0.4 is 20.3 Å². The molecule has 2 N–H and O–H groups in total. The number of hydrogen-bond acceptors (Lipinski definition) is 6. The zero-order valence-corrected chi connectivity index (χ0v) is 17.8. The third-order valence-corrected chi connectivity index (χ3v) is 4.76. The van der Waals surface area contributed by atoms with E-state index in [0.717, 1.165) is 35.7 Å². The fourth-order valence-electron chi connectivity index (χ4n) is 3.11. The van der Waals surface area contributed by atoms with Crippen LogP contribution in [0.25, 0.3) is 5.52 Å². The van der Waals surface area contributed by atoms with Gasteiger partial charge in [0.1, 0.15) is 5.75 Å². The molecule has 2 aromatic heterocycles. The van der Waals surface area contributed by atoms with E-state index in [-0.39, 0.29) is 5.91 Å². The van der Waals surface area contributed by atoms with Crippen LogP contribution in [0.3, 0.4) is 0 Å². The molecule has 0 aliphatic heterocycles. The normalized spacial score (nSPS) is 10.8. The summed E-state index contributed by atoms with van der Waals surface area (Å²) in [7, 11) is 7.67. The molecular weight excluding hydrogens is 380 g/mol. The Balaban J connectivity index is 2.02. The zero-order valence-electron chi connectivity index (χ0n) is 17.8. The fraction of sp³-hybridized carbons (Fsp3) is 0.273. The molecule has 0 fully saturated rings. The number of ether oxygens (including phenoxy) is 1. The number of fused-ring (bicyclic) bond motifs is 1. The largest absolute Gasteiger partial charge is 0.494 e. The van der Waals surface area contributed by atoms with Crippen LogP contribution in [0.5, 0.6) is 5.75 Å². The summed E-state index contributed by atoms with van der Waals surface area (Å²) in [5, 5.41) is 10.6. The standard InChI is InChI=1S/C22H28N6O2/c1-6-22(29)25-17-14-18(24-16-8-7-11-28-19(16)9-10-23-28)21(30-5)15-20(17)27(4)13-12-26(2)3/h6-11,14-15,24H,1,12-13H2,2-5H3,(H,25,29). The zero-order chi connectivity index (χ0) is 21.7. The Kier molecular flexibility index (Phi) is 6.58. The van der Waals surface area contributed by atoms with E-state index < -0.39 is 0 Å². The van der Waals surface area contributed by atoms with Gasteiger partial charge in [0.05, 0.1) is 41.6 Å². The summed E-state index contributed by atoms with van der Waals surface area (Å²) in [6, 6.07) is 9.61. The van der Waals surface area contributed by atoms with Crippen LogP contribution in [0.2, 0.25) is 0 Å². The summed E-state index contributed by atoms with van der Waals surface area (Å²) in [6.45, 7) is 5.22. The molecule has 0 aliphatic carbocycles. The van der Waals surface area contributed by atoms with Crippen LogP contribution >= 0.6 is 0 Å². The van der Waals surface area contributed by atoms with Gasteiger partial charge >= 0.3 is 0 Å². The van der Waals surface area contributed by atoms with Gasteiger partial charge in [-0.05, 0) is 44.4 Å². The molecule has 1 amide bonds. The van der Waals surface area contributed by atoms with Gasteiger partial charge in [-0.3, -0.25) is 4.79 Å². The molecule has 0 saturated carbocycles. The number of rotatable bonds is 9. The van der Waals surface area contributed by atoms with Crippen molar-refractivity contribution in [3.8, 4) is 5.75 Å². The number of pyridine rings is 1. The fourth-order valence-corrected chi connectivity index (χ4v) is 3.11. The second kappa shape index (κ2) is 9.32. The molecule has 3 aromatic rings. The SMILES string of the molecule is C=CC(=O)Nc1cc(Nc2cccn3nccc23)c(OC)cc1N(C)CCN(C)C. The van der Waals surface area contributed by atoms with E-state index in [1.807, 2.05) is 57.7 Å². The van der Waals surface area contributed by atoms with Gasteiger partial charge in [-0.25, -0.2) is 4.52 Å². The number of methoxy groups -OCH3 is 1. The summed E-state index contributed by atoms with van der Waals surface area (Å²) in [5.41, 5.74) is 4.07. The maximum atomic E-state index is 12.1. The smallest absolute Gasteiger partial charge is 0.247 e. The number of benzene rings is 1. The van der Waals surface area contributed by atoms with E-state index in [1.165, 1.54) is 6.08 Å². The summed E-state index contributed by atoms with van der Waals surface area (Å²) in [4.78, 5) is 16.3. The first-order valence-corrected chi connectivity index (χ1v) is 9.63. The Hall–Kier alpha value is -3.52. The average molecular weight is 409 g/mol. The number of hydrogen-bond donors (Lipinski definition) is 2. The molecular formula is C22H28N6O2. The minimum Gasteiger partial charge on any atom is -0.494 e. The van der Waals surface area contributed by atoms with Crippen LogP contribution in [0.4, 0.5) is 22.7 Å². The summed E-state index contributed by atoms with van der Waals surface area (Å²) < 4.78 is 7.45. The average Bonchev–Trinajstić information content (AvgIpc) is 3.22. The molecule has 0 radical (unpaired) electrons. The Bertz CT molecular complexity index is 1040. The lowest BCUT2D eigenvalue weighted by molar-refractivity contribution is -0.111. The molecule has 0 saturated heterocycles. The molecule has 0 aliphatic rings. The number of nitrogens with zero attached hydrogens (tertiary/aromatic N) is 4. The van der Waals surface area contributed by atoms with E-state index in [9.17, 15) is 4.79 Å². The van der Waals surface area contributed by atoms with Crippen molar-refractivity contribution in [3.63, 3.8) is 0 Å². The highest BCUT2D eigenvalue weighted by atomic mass is 16.5. The van der Waals surface area contributed by atoms with E-state index in [4.69, 9.17) is 4.74 Å². The first-order chi connectivity index (χ1) is 14.4. The lowest BCUT2D eigenvalue weighted by Crippen LogP contribution is -2.29. The molecule has 30 heavy (non-hydrogen) atoms. The summed E-state index contributed by atoms with van der Waals surface area (Å²) in [5.74, 6) is 0.395. The van der Waals surface area contributed by atoms with Crippen molar-refractivity contribution in [2.45, 2.75) is 0 Å². The minimum absolute atomic E-state index is 0.272. The lowest BCUT2D eigenvalue weighted by atomic mass is 10.1. The van der Waals surface area contributed by atoms with E-state index in [2.05, 4.69) is 32.1 Å². The molecule has 3 rings (SSSR count). The van der Waals surface area contributed by atoms with Crippen molar-refractivity contribution in [2.75, 3.05) is 56.9 Å². The van der Waals surface area contributed by atoms with Gasteiger partial charge in [0.15, 0.2) is 0 Å². The van der Waals surface area contributed by atoms with Crippen molar-refractivity contribution < 1.29 is 9.53 Å². The highest BCUT2D eigenvalue weighted by Crippen LogP contribution is 2.38. The quantitative estimate of drug-likeness (QED) is 0.530. The third kappa shape index (κ3) is 4.72. The summed E-state index contributed by atoms with van der Waals surface area (Å²) in [6.07, 6.45) is 4.89. The Morgan fingerprint density at radius 3 is 2.70 bits per heavy atom. The Morgan fingerprint density at radius 1 is 1.20 bits per heavy atom. The number of aromatic nitrogens is 2. The monoisotopic (exact) mass is 408 g/mol. The van der Waals surface area contributed by atoms with E-state index in [1.54, 1.807) is 17.8 Å². The first-order valence-electron chi connectivity index (χ1n) is 9.63. The number of carbonyl (C=O) groups excluding carboxylic acids is 1. The lowest BCUT2D eigenvalue weighted by Gasteiger charge is -2.26. The number of nitrogens with one attached hydrogen (secondary N) is 2. The highest BCUT2D eigenvalue weighted by molar-refractivity contribution is 6.02. The van der Waals surface area contributed by atoms with Gasteiger partial charge in [0.25, 0.3) is 0 Å². The van der Waals surface area contributed by atoms with Gasteiger partial charge in [-0.1, -0.05) is 6.58 Å². The topological polar surface area (TPSA) is 74.1 Å². The maximum absolute atomic E-state index is 12.1. The molecule has 0 bridgehead atoms. The van der Waals surface area contributed by atoms with Gasteiger partial charge in [0, 0.05) is 32.4 Å². The highest BCUT2D eigenvalue weighted by Gasteiger charge is 2.16. The molecule has 1 aromatic carbocycles. The molecule has 0 atom stereocenters. The van der Waals surface area contributed by atoms with Crippen molar-refractivity contribution in [1.29, 1.82) is 0 Å². The Labute approximate surface area is 176 Å². The molecule has 8 heteroatoms. The van der Waals surface area contributed by atoms with Gasteiger partial charge < -0.3 is 25.2 Å². The van der Waals surface area contributed by atoms with Crippen molar-refractivity contribution >= 4 is 34.2 Å². The molecule has 2 heterocycles. The predicted molar refractivity (Wildman–Crippen MR) is 122 cm³/mol. The summed E-state index contributed by atoms with van der Waals surface area (Å²) >= 11 is 0. The first kappa shape index (κ1) is 21.2. The maximum Gasteiger partial charge on any atom is 0.247 e. The van der Waals surface area contributed by atoms with Crippen molar-refractivity contribution in [1.82, 2.24) is 14.5 Å². The molecule has 0 unspecified atom stereocenters. The van der Waals surface area contributed by atoms with Crippen molar-refractivity contribution in [2.24, 2.45) is 0 Å².